The molecule has 28 heavy (non-hydrogen) atoms. The normalized spacial score (nSPS) is 15.1. The largest absolute Gasteiger partial charge is 0.388 e. The highest BCUT2D eigenvalue weighted by Crippen LogP contribution is 2.15. The van der Waals surface area contributed by atoms with Crippen molar-refractivity contribution in [3.05, 3.63) is 72.9 Å². The maximum atomic E-state index is 11.8. The van der Waals surface area contributed by atoms with Gasteiger partial charge < -0.3 is 10.4 Å². The SMILES string of the molecule is CCCC=CC=CC=CCCC=CC=CC=CC(=O)NCC(O)(CC)CCC. The molecule has 0 bridgehead atoms. The molecule has 0 aliphatic heterocycles. The Kier molecular flexibility index (Phi) is 16.9. The average Bonchev–Trinajstić information content (AvgIpc) is 2.69. The number of unbranched alkanes of at least 4 members (excludes halogenated alkanes) is 2. The van der Waals surface area contributed by atoms with Gasteiger partial charge in [0.15, 0.2) is 0 Å². The van der Waals surface area contributed by atoms with Crippen molar-refractivity contribution >= 4 is 5.91 Å². The van der Waals surface area contributed by atoms with Crippen molar-refractivity contribution in [1.82, 2.24) is 5.32 Å². The fourth-order valence-corrected chi connectivity index (χ4v) is 2.45. The summed E-state index contributed by atoms with van der Waals surface area (Å²) in [6, 6.07) is 0. The predicted molar refractivity (Wildman–Crippen MR) is 122 cm³/mol. The van der Waals surface area contributed by atoms with E-state index in [-0.39, 0.29) is 5.91 Å². The average molecular weight is 386 g/mol. The van der Waals surface area contributed by atoms with E-state index in [4.69, 9.17) is 0 Å². The molecule has 0 saturated heterocycles. The number of aliphatic hydroxyl groups is 1. The van der Waals surface area contributed by atoms with E-state index in [1.165, 1.54) is 12.5 Å². The highest BCUT2D eigenvalue weighted by atomic mass is 16.3. The van der Waals surface area contributed by atoms with E-state index in [0.29, 0.717) is 19.4 Å². The van der Waals surface area contributed by atoms with E-state index in [0.717, 1.165) is 25.7 Å². The van der Waals surface area contributed by atoms with E-state index in [1.54, 1.807) is 6.08 Å². The molecule has 0 aliphatic rings. The van der Waals surface area contributed by atoms with Gasteiger partial charge in [-0.3, -0.25) is 4.79 Å². The third kappa shape index (κ3) is 16.1. The van der Waals surface area contributed by atoms with E-state index in [9.17, 15) is 9.90 Å². The zero-order valence-electron chi connectivity index (χ0n) is 17.9. The first-order valence-electron chi connectivity index (χ1n) is 10.6. The van der Waals surface area contributed by atoms with Crippen LogP contribution in [-0.4, -0.2) is 23.2 Å². The number of allylic oxidation sites excluding steroid dienone is 11. The molecule has 1 unspecified atom stereocenters. The van der Waals surface area contributed by atoms with Gasteiger partial charge in [-0.2, -0.15) is 0 Å². The van der Waals surface area contributed by atoms with Crippen molar-refractivity contribution < 1.29 is 9.90 Å². The first-order chi connectivity index (χ1) is 13.6. The van der Waals surface area contributed by atoms with Crippen molar-refractivity contribution in [2.24, 2.45) is 0 Å². The number of rotatable bonds is 15. The van der Waals surface area contributed by atoms with E-state index in [1.807, 2.05) is 32.1 Å². The Labute approximate surface area is 172 Å². The summed E-state index contributed by atoms with van der Waals surface area (Å²) in [5, 5.41) is 13.1. The maximum absolute atomic E-state index is 11.8. The topological polar surface area (TPSA) is 49.3 Å². The van der Waals surface area contributed by atoms with Gasteiger partial charge in [0.2, 0.25) is 5.91 Å². The summed E-state index contributed by atoms with van der Waals surface area (Å²) in [7, 11) is 0. The first-order valence-corrected chi connectivity index (χ1v) is 10.6. The Morgan fingerprint density at radius 1 is 0.786 bits per heavy atom. The molecule has 2 N–H and O–H groups in total. The molecule has 0 radical (unpaired) electrons. The number of hydrogen-bond acceptors (Lipinski definition) is 2. The third-order valence-corrected chi connectivity index (χ3v) is 4.24. The molecule has 3 heteroatoms. The van der Waals surface area contributed by atoms with E-state index in [2.05, 4.69) is 54.8 Å². The summed E-state index contributed by atoms with van der Waals surface area (Å²) in [5.74, 6) is -0.181. The molecule has 1 amide bonds. The van der Waals surface area contributed by atoms with Gasteiger partial charge in [0.05, 0.1) is 5.60 Å². The smallest absolute Gasteiger partial charge is 0.244 e. The molecule has 0 spiro atoms. The fourth-order valence-electron chi connectivity index (χ4n) is 2.45. The molecular weight excluding hydrogens is 346 g/mol. The molecule has 3 nitrogen and oxygen atoms in total. The molecule has 0 aromatic rings. The van der Waals surface area contributed by atoms with Gasteiger partial charge >= 0.3 is 0 Å². The van der Waals surface area contributed by atoms with Gasteiger partial charge in [-0.25, -0.2) is 0 Å². The summed E-state index contributed by atoms with van der Waals surface area (Å²) in [6.07, 6.45) is 30.1. The molecule has 0 rings (SSSR count). The highest BCUT2D eigenvalue weighted by molar-refractivity contribution is 5.87. The monoisotopic (exact) mass is 385 g/mol. The first kappa shape index (κ1) is 25.9. The molecular formula is C25H39NO2. The lowest BCUT2D eigenvalue weighted by Gasteiger charge is -2.26. The second kappa shape index (κ2) is 18.2. The number of nitrogens with one attached hydrogen (secondary N) is 1. The van der Waals surface area contributed by atoms with Crippen LogP contribution in [0.3, 0.4) is 0 Å². The molecule has 0 aliphatic carbocycles. The lowest BCUT2D eigenvalue weighted by atomic mass is 9.95. The minimum Gasteiger partial charge on any atom is -0.388 e. The van der Waals surface area contributed by atoms with Crippen LogP contribution >= 0.6 is 0 Å². The Hall–Kier alpha value is -2.13. The molecule has 0 fully saturated rings. The van der Waals surface area contributed by atoms with E-state index < -0.39 is 5.60 Å². The fraction of sp³-hybridized carbons (Fsp3) is 0.480. The van der Waals surface area contributed by atoms with Gasteiger partial charge in [0, 0.05) is 12.6 Å². The molecule has 0 aromatic carbocycles. The van der Waals surface area contributed by atoms with Crippen molar-refractivity contribution in [1.29, 1.82) is 0 Å². The van der Waals surface area contributed by atoms with Crippen LogP contribution in [0.5, 0.6) is 0 Å². The minimum absolute atomic E-state index is 0.181. The van der Waals surface area contributed by atoms with Gasteiger partial charge in [0.1, 0.15) is 0 Å². The summed E-state index contributed by atoms with van der Waals surface area (Å²) < 4.78 is 0. The molecule has 0 saturated carbocycles. The molecule has 0 heterocycles. The highest BCUT2D eigenvalue weighted by Gasteiger charge is 2.23. The third-order valence-electron chi connectivity index (χ3n) is 4.24. The van der Waals surface area contributed by atoms with Crippen molar-refractivity contribution in [3.63, 3.8) is 0 Å². The van der Waals surface area contributed by atoms with Crippen LogP contribution in [0.4, 0.5) is 0 Å². The Bertz CT molecular complexity index is 567. The van der Waals surface area contributed by atoms with Gasteiger partial charge in [-0.05, 0) is 32.1 Å². The summed E-state index contributed by atoms with van der Waals surface area (Å²) in [4.78, 5) is 11.8. The van der Waals surface area contributed by atoms with Gasteiger partial charge in [0.25, 0.3) is 0 Å². The summed E-state index contributed by atoms with van der Waals surface area (Å²) in [5.41, 5.74) is -0.799. The Morgan fingerprint density at radius 3 is 1.82 bits per heavy atom. The molecule has 0 aromatic heterocycles. The molecule has 1 atom stereocenters. The maximum Gasteiger partial charge on any atom is 0.244 e. The quantitative estimate of drug-likeness (QED) is 0.207. The van der Waals surface area contributed by atoms with Gasteiger partial charge in [-0.1, -0.05) is 100 Å². The zero-order chi connectivity index (χ0) is 20.9. The van der Waals surface area contributed by atoms with Gasteiger partial charge in [-0.15, -0.1) is 0 Å². The number of carbonyl (C=O) groups is 1. The second-order valence-corrected chi connectivity index (χ2v) is 6.83. The molecule has 156 valence electrons. The predicted octanol–water partition coefficient (Wildman–Crippen LogP) is 5.96. The Morgan fingerprint density at radius 2 is 1.32 bits per heavy atom. The van der Waals surface area contributed by atoms with Crippen LogP contribution in [0, 0.1) is 0 Å². The summed E-state index contributed by atoms with van der Waals surface area (Å²) in [6.45, 7) is 6.43. The number of hydrogen-bond donors (Lipinski definition) is 2. The Balaban J connectivity index is 3.93. The van der Waals surface area contributed by atoms with Crippen LogP contribution in [-0.2, 0) is 4.79 Å². The number of carbonyl (C=O) groups excluding carboxylic acids is 1. The standard InChI is InChI=1S/C25H39NO2/c1-4-7-8-9-10-11-12-13-14-15-16-17-18-19-20-21-24(27)26-23-25(28,6-3)22-5-2/h8-13,16-21,28H,4-7,14-15,22-23H2,1-3H3,(H,26,27). The van der Waals surface area contributed by atoms with Crippen molar-refractivity contribution in [2.45, 2.75) is 71.3 Å². The lowest BCUT2D eigenvalue weighted by molar-refractivity contribution is -0.117. The summed E-state index contributed by atoms with van der Waals surface area (Å²) >= 11 is 0. The van der Waals surface area contributed by atoms with Crippen LogP contribution in [0.1, 0.15) is 65.7 Å². The second-order valence-electron chi connectivity index (χ2n) is 6.83. The van der Waals surface area contributed by atoms with Crippen LogP contribution in [0.15, 0.2) is 72.9 Å². The lowest BCUT2D eigenvalue weighted by Crippen LogP contribution is -2.41. The van der Waals surface area contributed by atoms with Crippen molar-refractivity contribution in [3.8, 4) is 0 Å². The van der Waals surface area contributed by atoms with Crippen LogP contribution in [0.25, 0.3) is 0 Å². The minimum atomic E-state index is -0.799. The van der Waals surface area contributed by atoms with Crippen molar-refractivity contribution in [2.75, 3.05) is 6.54 Å². The number of amides is 1. The van der Waals surface area contributed by atoms with Crippen LogP contribution in [0.2, 0.25) is 0 Å². The van der Waals surface area contributed by atoms with E-state index >= 15 is 0 Å². The zero-order valence-corrected chi connectivity index (χ0v) is 17.9. The van der Waals surface area contributed by atoms with Crippen LogP contribution < -0.4 is 5.32 Å².